The van der Waals surface area contributed by atoms with Crippen molar-refractivity contribution in [2.24, 2.45) is 5.92 Å². The Hall–Kier alpha value is -2.35. The Morgan fingerprint density at radius 3 is 2.03 bits per heavy atom. The van der Waals surface area contributed by atoms with E-state index in [1.165, 1.54) is 40.7 Å². The van der Waals surface area contributed by atoms with Gasteiger partial charge in [0.05, 0.1) is 5.56 Å². The molecule has 0 unspecified atom stereocenters. The van der Waals surface area contributed by atoms with Crippen molar-refractivity contribution in [2.75, 3.05) is 0 Å². The average molecular weight is 419 g/mol. The summed E-state index contributed by atoms with van der Waals surface area (Å²) in [6.45, 7) is 16.3. The number of benzene rings is 2. The van der Waals surface area contributed by atoms with Gasteiger partial charge in [-0.25, -0.2) is 4.79 Å². The maximum Gasteiger partial charge on any atom is 0.335 e. The van der Waals surface area contributed by atoms with Crippen LogP contribution in [0.1, 0.15) is 106 Å². The third-order valence-corrected chi connectivity index (χ3v) is 6.93. The molecule has 3 rings (SSSR count). The molecule has 2 aromatic rings. The van der Waals surface area contributed by atoms with Gasteiger partial charge in [0.1, 0.15) is 0 Å². The summed E-state index contributed by atoms with van der Waals surface area (Å²) in [6.07, 6.45) is 6.67. The highest BCUT2D eigenvalue weighted by molar-refractivity contribution is 5.89. The lowest BCUT2D eigenvalue weighted by Crippen LogP contribution is -2.34. The summed E-state index contributed by atoms with van der Waals surface area (Å²) in [7, 11) is 0. The minimum Gasteiger partial charge on any atom is -0.478 e. The van der Waals surface area contributed by atoms with Gasteiger partial charge in [0.25, 0.3) is 0 Å². The fourth-order valence-electron chi connectivity index (χ4n) is 4.86. The van der Waals surface area contributed by atoms with Crippen LogP contribution < -0.4 is 0 Å². The van der Waals surface area contributed by atoms with Crippen LogP contribution in [0, 0.1) is 5.92 Å². The van der Waals surface area contributed by atoms with Crippen molar-refractivity contribution < 1.29 is 9.90 Å². The van der Waals surface area contributed by atoms with Gasteiger partial charge in [-0.05, 0) is 88.0 Å². The molecule has 31 heavy (non-hydrogen) atoms. The maximum absolute atomic E-state index is 11.2. The second-order valence-corrected chi connectivity index (χ2v) is 10.9. The standard InChI is InChI=1S/C29H38O2/c1-8-21(16-20-9-11-22(12-10-20)27(30)31)24-18-26-25(17-23(24)15-19(2)3)28(4,5)13-14-29(26,6)7/h9-12,16-19H,8,13-15H2,1-7H3,(H,30,31). The van der Waals surface area contributed by atoms with Crippen LogP contribution in [0.4, 0.5) is 0 Å². The van der Waals surface area contributed by atoms with Crippen molar-refractivity contribution in [1.82, 2.24) is 0 Å². The first-order valence-electron chi connectivity index (χ1n) is 11.7. The molecule has 1 aliphatic carbocycles. The molecule has 2 aromatic carbocycles. The summed E-state index contributed by atoms with van der Waals surface area (Å²) in [6, 6.07) is 12.2. The smallest absolute Gasteiger partial charge is 0.335 e. The summed E-state index contributed by atoms with van der Waals surface area (Å²) in [4.78, 5) is 11.2. The molecule has 1 aliphatic rings. The van der Waals surface area contributed by atoms with E-state index in [0.29, 0.717) is 11.5 Å². The lowest BCUT2D eigenvalue weighted by Gasteiger charge is -2.42. The zero-order valence-corrected chi connectivity index (χ0v) is 20.3. The van der Waals surface area contributed by atoms with Crippen molar-refractivity contribution in [1.29, 1.82) is 0 Å². The first-order chi connectivity index (χ1) is 14.4. The van der Waals surface area contributed by atoms with Gasteiger partial charge in [-0.2, -0.15) is 0 Å². The Balaban J connectivity index is 2.18. The van der Waals surface area contributed by atoms with Gasteiger partial charge in [0.15, 0.2) is 0 Å². The van der Waals surface area contributed by atoms with Crippen LogP contribution in [0.15, 0.2) is 36.4 Å². The van der Waals surface area contributed by atoms with Crippen molar-refractivity contribution in [3.8, 4) is 0 Å². The highest BCUT2D eigenvalue weighted by atomic mass is 16.4. The van der Waals surface area contributed by atoms with E-state index >= 15 is 0 Å². The van der Waals surface area contributed by atoms with Crippen molar-refractivity contribution in [3.63, 3.8) is 0 Å². The molecule has 2 heteroatoms. The summed E-state index contributed by atoms with van der Waals surface area (Å²) in [5, 5.41) is 9.19. The number of carbonyl (C=O) groups is 1. The van der Waals surface area contributed by atoms with E-state index in [4.69, 9.17) is 0 Å². The molecule has 0 aliphatic heterocycles. The molecule has 166 valence electrons. The first kappa shape index (κ1) is 23.3. The molecule has 2 nitrogen and oxygen atoms in total. The average Bonchev–Trinajstić information content (AvgIpc) is 2.69. The molecule has 0 saturated heterocycles. The molecular weight excluding hydrogens is 380 g/mol. The summed E-state index contributed by atoms with van der Waals surface area (Å²) < 4.78 is 0. The predicted molar refractivity (Wildman–Crippen MR) is 132 cm³/mol. The summed E-state index contributed by atoms with van der Waals surface area (Å²) in [5.41, 5.74) is 8.90. The van der Waals surface area contributed by atoms with Crippen LogP contribution in [-0.2, 0) is 17.3 Å². The number of rotatable bonds is 6. The van der Waals surface area contributed by atoms with Gasteiger partial charge in [-0.15, -0.1) is 0 Å². The molecule has 0 amide bonds. The van der Waals surface area contributed by atoms with Crippen molar-refractivity contribution in [2.45, 2.75) is 85.0 Å². The first-order valence-corrected chi connectivity index (χ1v) is 11.7. The lowest BCUT2D eigenvalue weighted by molar-refractivity contribution is 0.0697. The molecular formula is C29H38O2. The van der Waals surface area contributed by atoms with Crippen molar-refractivity contribution >= 4 is 17.6 Å². The second kappa shape index (κ2) is 8.65. The number of hydrogen-bond acceptors (Lipinski definition) is 1. The zero-order chi connectivity index (χ0) is 23.0. The van der Waals surface area contributed by atoms with E-state index in [2.05, 4.69) is 66.7 Å². The lowest BCUT2D eigenvalue weighted by atomic mass is 9.62. The van der Waals surface area contributed by atoms with Crippen LogP contribution >= 0.6 is 0 Å². The highest BCUT2D eigenvalue weighted by Crippen LogP contribution is 2.47. The largest absolute Gasteiger partial charge is 0.478 e. The Kier molecular flexibility index (Phi) is 6.51. The molecule has 0 saturated carbocycles. The fraction of sp³-hybridized carbons (Fsp3) is 0.483. The number of aromatic carboxylic acids is 1. The monoisotopic (exact) mass is 418 g/mol. The number of carboxylic acids is 1. The van der Waals surface area contributed by atoms with E-state index in [-0.39, 0.29) is 10.8 Å². The van der Waals surface area contributed by atoms with Gasteiger partial charge in [0.2, 0.25) is 0 Å². The molecule has 0 fully saturated rings. The number of fused-ring (bicyclic) bond motifs is 1. The van der Waals surface area contributed by atoms with Crippen LogP contribution in [0.3, 0.4) is 0 Å². The third-order valence-electron chi connectivity index (χ3n) is 6.93. The van der Waals surface area contributed by atoms with Crippen LogP contribution in [0.5, 0.6) is 0 Å². The summed E-state index contributed by atoms with van der Waals surface area (Å²) in [5.74, 6) is -0.297. The quantitative estimate of drug-likeness (QED) is 0.484. The van der Waals surface area contributed by atoms with E-state index in [1.807, 2.05) is 12.1 Å². The zero-order valence-electron chi connectivity index (χ0n) is 20.3. The van der Waals surface area contributed by atoms with E-state index in [0.717, 1.165) is 18.4 Å². The molecule has 0 spiro atoms. The number of carboxylic acid groups (broad SMARTS) is 1. The second-order valence-electron chi connectivity index (χ2n) is 10.9. The third kappa shape index (κ3) is 4.95. The van der Waals surface area contributed by atoms with Crippen molar-refractivity contribution in [3.05, 3.63) is 69.8 Å². The minimum absolute atomic E-state index is 0.179. The van der Waals surface area contributed by atoms with Gasteiger partial charge in [-0.1, -0.05) is 78.8 Å². The number of hydrogen-bond donors (Lipinski definition) is 1. The molecule has 0 radical (unpaired) electrons. The van der Waals surface area contributed by atoms with E-state index in [1.54, 1.807) is 12.1 Å². The van der Waals surface area contributed by atoms with E-state index in [9.17, 15) is 9.90 Å². The van der Waals surface area contributed by atoms with Crippen LogP contribution in [0.25, 0.3) is 11.6 Å². The van der Waals surface area contributed by atoms with E-state index < -0.39 is 5.97 Å². The summed E-state index contributed by atoms with van der Waals surface area (Å²) >= 11 is 0. The van der Waals surface area contributed by atoms with Crippen LogP contribution in [0.2, 0.25) is 0 Å². The Morgan fingerprint density at radius 1 is 1.00 bits per heavy atom. The SMILES string of the molecule is CCC(=Cc1ccc(C(=O)O)cc1)c1cc2c(cc1CC(C)C)C(C)(C)CCC2(C)C. The van der Waals surface area contributed by atoms with Gasteiger partial charge in [-0.3, -0.25) is 0 Å². The Bertz CT molecular complexity index is 988. The topological polar surface area (TPSA) is 37.3 Å². The molecule has 0 bridgehead atoms. The fourth-order valence-corrected chi connectivity index (χ4v) is 4.86. The molecule has 0 heterocycles. The minimum atomic E-state index is -0.884. The van der Waals surface area contributed by atoms with Gasteiger partial charge in [0, 0.05) is 0 Å². The Morgan fingerprint density at radius 2 is 1.55 bits per heavy atom. The Labute approximate surface area is 188 Å². The highest BCUT2D eigenvalue weighted by Gasteiger charge is 2.37. The maximum atomic E-state index is 11.2. The molecule has 0 atom stereocenters. The predicted octanol–water partition coefficient (Wildman–Crippen LogP) is 7.88. The van der Waals surface area contributed by atoms with Crippen LogP contribution in [-0.4, -0.2) is 11.1 Å². The normalized spacial score (nSPS) is 17.5. The molecule has 0 aromatic heterocycles. The number of allylic oxidation sites excluding steroid dienone is 1. The van der Waals surface area contributed by atoms with Gasteiger partial charge >= 0.3 is 5.97 Å². The molecule has 1 N–H and O–H groups in total. The van der Waals surface area contributed by atoms with Gasteiger partial charge < -0.3 is 5.11 Å².